The maximum absolute atomic E-state index is 13.9. The van der Waals surface area contributed by atoms with Crippen molar-refractivity contribution in [1.82, 2.24) is 9.88 Å². The van der Waals surface area contributed by atoms with Crippen LogP contribution in [0.3, 0.4) is 0 Å². The third-order valence-electron chi connectivity index (χ3n) is 7.81. The van der Waals surface area contributed by atoms with E-state index in [-0.39, 0.29) is 11.8 Å². The molecule has 2 aliphatic rings. The van der Waals surface area contributed by atoms with E-state index in [4.69, 9.17) is 14.2 Å². The van der Waals surface area contributed by atoms with Gasteiger partial charge in [0.25, 0.3) is 11.8 Å². The Hall–Kier alpha value is -4.99. The highest BCUT2D eigenvalue weighted by molar-refractivity contribution is 6.23. The fourth-order valence-electron chi connectivity index (χ4n) is 5.64. The Morgan fingerprint density at radius 3 is 2.33 bits per heavy atom. The number of fused-ring (bicyclic) bond motifs is 5. The zero-order valence-electron chi connectivity index (χ0n) is 22.5. The lowest BCUT2D eigenvalue weighted by molar-refractivity contribution is -0.125. The first-order valence-electron chi connectivity index (χ1n) is 12.8. The van der Waals surface area contributed by atoms with Crippen molar-refractivity contribution in [2.24, 2.45) is 0 Å². The molecular weight excluding hydrogens is 512 g/mol. The Labute approximate surface area is 230 Å². The van der Waals surface area contributed by atoms with E-state index in [0.717, 1.165) is 22.2 Å². The summed E-state index contributed by atoms with van der Waals surface area (Å²) >= 11 is 0. The quantitative estimate of drug-likeness (QED) is 0.343. The van der Waals surface area contributed by atoms with Crippen LogP contribution in [-0.2, 0) is 16.8 Å². The van der Waals surface area contributed by atoms with Gasteiger partial charge in [0, 0.05) is 29.1 Å². The van der Waals surface area contributed by atoms with Crippen LogP contribution < -0.4 is 24.4 Å². The maximum atomic E-state index is 13.9. The average Bonchev–Trinajstić information content (AvgIpc) is 3.45. The number of hydrogen-bond acceptors (Lipinski definition) is 6. The molecule has 4 aromatic rings. The van der Waals surface area contributed by atoms with E-state index in [1.54, 1.807) is 61.4 Å². The number of amides is 4. The summed E-state index contributed by atoms with van der Waals surface area (Å²) in [4.78, 5) is 46.7. The number of nitrogens with one attached hydrogen (secondary N) is 2. The summed E-state index contributed by atoms with van der Waals surface area (Å²) in [5, 5.41) is 3.81. The van der Waals surface area contributed by atoms with Gasteiger partial charge in [-0.2, -0.15) is 0 Å². The fraction of sp³-hybridized carbons (Fsp3) is 0.233. The number of aromatic amines is 1. The first kappa shape index (κ1) is 25.3. The highest BCUT2D eigenvalue weighted by atomic mass is 16.5. The van der Waals surface area contributed by atoms with E-state index in [1.165, 1.54) is 19.1 Å². The zero-order chi connectivity index (χ0) is 28.2. The zero-order valence-corrected chi connectivity index (χ0v) is 22.5. The largest absolute Gasteiger partial charge is 0.497 e. The minimum Gasteiger partial charge on any atom is -0.497 e. The second kappa shape index (κ2) is 9.33. The highest BCUT2D eigenvalue weighted by Crippen LogP contribution is 2.45. The van der Waals surface area contributed by atoms with Gasteiger partial charge < -0.3 is 29.4 Å². The van der Waals surface area contributed by atoms with Gasteiger partial charge in [-0.05, 0) is 73.5 Å². The van der Waals surface area contributed by atoms with Crippen LogP contribution in [-0.4, -0.2) is 55.6 Å². The number of imide groups is 1. The Balaban J connectivity index is 1.29. The van der Waals surface area contributed by atoms with E-state index >= 15 is 0 Å². The summed E-state index contributed by atoms with van der Waals surface area (Å²) in [7, 11) is 4.67. The van der Waals surface area contributed by atoms with Gasteiger partial charge in [0.2, 0.25) is 0 Å². The minimum absolute atomic E-state index is 0.350. The summed E-state index contributed by atoms with van der Waals surface area (Å²) in [6.07, 6.45) is 0.609. The molecule has 1 aromatic heterocycles. The molecule has 3 heterocycles. The van der Waals surface area contributed by atoms with Crippen molar-refractivity contribution in [3.63, 3.8) is 0 Å². The normalized spacial score (nSPS) is 18.0. The molecule has 1 fully saturated rings. The highest BCUT2D eigenvalue weighted by Gasteiger charge is 2.59. The number of carbonyl (C=O) groups is 3. The summed E-state index contributed by atoms with van der Waals surface area (Å²) in [6.45, 7) is 2.18. The molecule has 1 saturated heterocycles. The molecule has 0 bridgehead atoms. The van der Waals surface area contributed by atoms with Crippen LogP contribution in [0.2, 0.25) is 0 Å². The van der Waals surface area contributed by atoms with Crippen LogP contribution in [0, 0.1) is 0 Å². The van der Waals surface area contributed by atoms with Gasteiger partial charge in [-0.25, -0.2) is 9.69 Å². The standard InChI is InChI=1S/C30H28N4O6/c1-30-26-21(22-15-19(38-2)9-11-23(22)31-26)13-14-33(30)29(37)34(28(30)36)18-7-5-17(6-8-18)27(35)32-24-16-20(39-3)10-12-25(24)40-4/h5-12,15-16,31H,13-14H2,1-4H3,(H,32,35)/t30-/m0/s1. The lowest BCUT2D eigenvalue weighted by Crippen LogP contribution is -2.49. The van der Waals surface area contributed by atoms with Gasteiger partial charge in [0.15, 0.2) is 5.54 Å². The van der Waals surface area contributed by atoms with E-state index in [1.807, 2.05) is 18.2 Å². The fourth-order valence-corrected chi connectivity index (χ4v) is 5.64. The summed E-state index contributed by atoms with van der Waals surface area (Å²) < 4.78 is 16.0. The van der Waals surface area contributed by atoms with Gasteiger partial charge in [-0.15, -0.1) is 0 Å². The minimum atomic E-state index is -1.18. The van der Waals surface area contributed by atoms with Gasteiger partial charge in [-0.3, -0.25) is 9.59 Å². The number of nitrogens with zero attached hydrogens (tertiary/aromatic N) is 2. The van der Waals surface area contributed by atoms with Crippen LogP contribution in [0.5, 0.6) is 17.2 Å². The van der Waals surface area contributed by atoms with Gasteiger partial charge in [-0.1, -0.05) is 0 Å². The number of ether oxygens (including phenoxy) is 3. The van der Waals surface area contributed by atoms with Crippen LogP contribution >= 0.6 is 0 Å². The third kappa shape index (κ3) is 3.67. The molecule has 0 radical (unpaired) electrons. The maximum Gasteiger partial charge on any atom is 0.332 e. The van der Waals surface area contributed by atoms with E-state index in [9.17, 15) is 14.4 Å². The number of H-pyrrole nitrogens is 1. The number of anilines is 2. The van der Waals surface area contributed by atoms with Crippen molar-refractivity contribution in [1.29, 1.82) is 0 Å². The Bertz CT molecular complexity index is 1680. The number of rotatable bonds is 6. The number of carbonyl (C=O) groups excluding carboxylic acids is 3. The predicted molar refractivity (Wildman–Crippen MR) is 149 cm³/mol. The van der Waals surface area contributed by atoms with Crippen molar-refractivity contribution < 1.29 is 28.6 Å². The Kier molecular flexibility index (Phi) is 5.90. The molecule has 10 heteroatoms. The lowest BCUT2D eigenvalue weighted by Gasteiger charge is -2.35. The molecule has 4 amide bonds. The second-order valence-corrected chi connectivity index (χ2v) is 9.85. The molecule has 3 aromatic carbocycles. The van der Waals surface area contributed by atoms with E-state index < -0.39 is 11.6 Å². The van der Waals surface area contributed by atoms with Crippen molar-refractivity contribution in [2.45, 2.75) is 18.9 Å². The summed E-state index contributed by atoms with van der Waals surface area (Å²) in [5.41, 5.74) is 2.62. The molecule has 40 heavy (non-hydrogen) atoms. The van der Waals surface area contributed by atoms with E-state index in [0.29, 0.717) is 47.1 Å². The van der Waals surface area contributed by atoms with Gasteiger partial charge >= 0.3 is 6.03 Å². The molecule has 10 nitrogen and oxygen atoms in total. The third-order valence-corrected chi connectivity index (χ3v) is 7.81. The van der Waals surface area contributed by atoms with Crippen LogP contribution in [0.25, 0.3) is 10.9 Å². The SMILES string of the molecule is COc1ccc(OC)c(NC(=O)c2ccc(N3C(=O)N4CCc5c([nH]c6ccc(OC)cc56)[C@@]4(C)C3=O)cc2)c1. The van der Waals surface area contributed by atoms with Gasteiger partial charge in [0.05, 0.1) is 38.4 Å². The monoisotopic (exact) mass is 540 g/mol. The molecule has 0 spiro atoms. The van der Waals surface area contributed by atoms with Crippen molar-refractivity contribution >= 4 is 40.1 Å². The lowest BCUT2D eigenvalue weighted by atomic mass is 9.87. The molecular formula is C30H28N4O6. The van der Waals surface area contributed by atoms with Crippen molar-refractivity contribution in [2.75, 3.05) is 38.1 Å². The number of urea groups is 1. The van der Waals surface area contributed by atoms with Crippen molar-refractivity contribution in [3.8, 4) is 17.2 Å². The van der Waals surface area contributed by atoms with Crippen molar-refractivity contribution in [3.05, 3.63) is 77.5 Å². The molecule has 0 aliphatic carbocycles. The number of aromatic nitrogens is 1. The van der Waals surface area contributed by atoms with Crippen LogP contribution in [0.4, 0.5) is 16.2 Å². The molecule has 1 atom stereocenters. The Morgan fingerprint density at radius 1 is 0.925 bits per heavy atom. The average molecular weight is 541 g/mol. The molecule has 2 N–H and O–H groups in total. The first-order chi connectivity index (χ1) is 19.3. The topological polar surface area (TPSA) is 113 Å². The smallest absolute Gasteiger partial charge is 0.332 e. The number of methoxy groups -OCH3 is 3. The molecule has 6 rings (SSSR count). The number of hydrogen-bond donors (Lipinski definition) is 2. The molecule has 0 saturated carbocycles. The molecule has 0 unspecified atom stereocenters. The summed E-state index contributed by atoms with van der Waals surface area (Å²) in [5.74, 6) is 1.06. The first-order valence-corrected chi connectivity index (χ1v) is 12.8. The van der Waals surface area contributed by atoms with Crippen LogP contribution in [0.1, 0.15) is 28.5 Å². The summed E-state index contributed by atoms with van der Waals surface area (Å²) in [6, 6.07) is 16.8. The number of benzene rings is 3. The molecule has 204 valence electrons. The van der Waals surface area contributed by atoms with E-state index in [2.05, 4.69) is 10.3 Å². The predicted octanol–water partition coefficient (Wildman–Crippen LogP) is 4.69. The second-order valence-electron chi connectivity index (χ2n) is 9.85. The Morgan fingerprint density at radius 2 is 1.62 bits per heavy atom. The van der Waals surface area contributed by atoms with Crippen LogP contribution in [0.15, 0.2) is 60.7 Å². The van der Waals surface area contributed by atoms with Gasteiger partial charge in [0.1, 0.15) is 17.2 Å². The molecule has 2 aliphatic heterocycles.